The van der Waals surface area contributed by atoms with E-state index in [4.69, 9.17) is 9.84 Å². The smallest absolute Gasteiger partial charge is 0.255 e. The molecule has 0 bridgehead atoms. The number of imide groups is 1. The molecule has 0 saturated carbocycles. The Morgan fingerprint density at radius 2 is 1.87 bits per heavy atom. The largest absolute Gasteiger partial charge is 0.492 e. The molecule has 39 heavy (non-hydrogen) atoms. The monoisotopic (exact) mass is 527 g/mol. The van der Waals surface area contributed by atoms with Crippen LogP contribution < -0.4 is 10.1 Å². The molecule has 0 spiro atoms. The summed E-state index contributed by atoms with van der Waals surface area (Å²) in [4.78, 5) is 40.9. The maximum absolute atomic E-state index is 13.0. The summed E-state index contributed by atoms with van der Waals surface area (Å²) in [5, 5.41) is 7.13. The van der Waals surface area contributed by atoms with E-state index in [9.17, 15) is 14.4 Å². The Balaban J connectivity index is 1.10. The van der Waals surface area contributed by atoms with Crippen molar-refractivity contribution in [3.05, 3.63) is 71.4 Å². The van der Waals surface area contributed by atoms with Crippen LogP contribution in [0.15, 0.2) is 54.6 Å². The molecule has 6 rings (SSSR count). The van der Waals surface area contributed by atoms with Crippen LogP contribution in [-0.2, 0) is 29.7 Å². The molecule has 4 heterocycles. The molecule has 1 N–H and O–H groups in total. The van der Waals surface area contributed by atoms with Gasteiger partial charge in [-0.25, -0.2) is 0 Å². The third kappa shape index (κ3) is 5.18. The van der Waals surface area contributed by atoms with Gasteiger partial charge in [-0.05, 0) is 61.2 Å². The molecule has 3 aliphatic heterocycles. The highest BCUT2D eigenvalue weighted by Crippen LogP contribution is 2.31. The van der Waals surface area contributed by atoms with Gasteiger partial charge >= 0.3 is 0 Å². The van der Waals surface area contributed by atoms with E-state index in [-0.39, 0.29) is 24.3 Å². The normalized spacial score (nSPS) is 21.7. The summed E-state index contributed by atoms with van der Waals surface area (Å²) in [7, 11) is 1.99. The van der Waals surface area contributed by atoms with Crippen LogP contribution in [0.3, 0.4) is 0 Å². The number of amides is 3. The number of nitrogens with zero attached hydrogens (tertiary/aromatic N) is 4. The predicted molar refractivity (Wildman–Crippen MR) is 145 cm³/mol. The van der Waals surface area contributed by atoms with Gasteiger partial charge in [0.25, 0.3) is 5.91 Å². The first-order chi connectivity index (χ1) is 19.0. The molecule has 0 radical (unpaired) electrons. The highest BCUT2D eigenvalue weighted by atomic mass is 16.5. The third-order valence-corrected chi connectivity index (χ3v) is 8.05. The molecular formula is C30H33N5O4. The average molecular weight is 528 g/mol. The number of nitrogens with one attached hydrogen (secondary N) is 1. The highest BCUT2D eigenvalue weighted by Gasteiger charge is 2.39. The Morgan fingerprint density at radius 3 is 2.69 bits per heavy atom. The van der Waals surface area contributed by atoms with E-state index in [2.05, 4.69) is 28.4 Å². The van der Waals surface area contributed by atoms with Crippen LogP contribution in [0.5, 0.6) is 5.75 Å². The minimum atomic E-state index is -0.614. The molecule has 2 atom stereocenters. The van der Waals surface area contributed by atoms with Gasteiger partial charge in [0, 0.05) is 38.2 Å². The van der Waals surface area contributed by atoms with Crippen molar-refractivity contribution in [1.29, 1.82) is 0 Å². The molecule has 9 nitrogen and oxygen atoms in total. The summed E-state index contributed by atoms with van der Waals surface area (Å²) < 4.78 is 8.22. The van der Waals surface area contributed by atoms with Crippen molar-refractivity contribution >= 4 is 17.7 Å². The molecule has 3 amide bonds. The summed E-state index contributed by atoms with van der Waals surface area (Å²) >= 11 is 0. The summed E-state index contributed by atoms with van der Waals surface area (Å²) in [5.74, 6) is -0.131. The van der Waals surface area contributed by atoms with Gasteiger partial charge in [-0.1, -0.05) is 36.8 Å². The van der Waals surface area contributed by atoms with Gasteiger partial charge in [-0.3, -0.25) is 29.3 Å². The topological polar surface area (TPSA) is 96.8 Å². The standard InChI is InChI=1S/C30H33N5O4/c1-33-27(20-7-3-2-4-8-20)16-22(32-33)18-34-14-6-5-9-23(34)19-39-24-10-11-25-21(15-24)17-35(30(25)38)26-12-13-28(36)31-29(26)37/h2-4,7-8,10-11,15-16,23,26H,5-6,9,12-14,17-19H2,1H3,(H,31,36,37)/t23-,26?/m1/s1. The van der Waals surface area contributed by atoms with E-state index in [1.807, 2.05) is 42.1 Å². The van der Waals surface area contributed by atoms with Crippen LogP contribution in [0, 0.1) is 0 Å². The first-order valence-electron chi connectivity index (χ1n) is 13.7. The van der Waals surface area contributed by atoms with E-state index in [0.29, 0.717) is 25.1 Å². The molecule has 2 aromatic carbocycles. The zero-order chi connectivity index (χ0) is 26.9. The quantitative estimate of drug-likeness (QED) is 0.474. The number of likely N-dealkylation sites (tertiary alicyclic amines) is 1. The average Bonchev–Trinajstić information content (AvgIpc) is 3.47. The fourth-order valence-electron chi connectivity index (χ4n) is 5.98. The number of rotatable bonds is 7. The van der Waals surface area contributed by atoms with Crippen LogP contribution in [-0.4, -0.2) is 62.5 Å². The fraction of sp³-hybridized carbons (Fsp3) is 0.400. The highest BCUT2D eigenvalue weighted by molar-refractivity contribution is 6.05. The van der Waals surface area contributed by atoms with Crippen LogP contribution in [0.4, 0.5) is 0 Å². The molecule has 202 valence electrons. The number of carbonyl (C=O) groups is 3. The van der Waals surface area contributed by atoms with Gasteiger partial charge < -0.3 is 9.64 Å². The lowest BCUT2D eigenvalue weighted by Crippen LogP contribution is -2.52. The number of hydrogen-bond acceptors (Lipinski definition) is 6. The molecule has 1 aromatic heterocycles. The molecule has 2 fully saturated rings. The number of carbonyl (C=O) groups excluding carboxylic acids is 3. The predicted octanol–water partition coefficient (Wildman–Crippen LogP) is 3.28. The van der Waals surface area contributed by atoms with Crippen molar-refractivity contribution in [2.45, 2.75) is 57.3 Å². The van der Waals surface area contributed by atoms with Crippen molar-refractivity contribution in [2.24, 2.45) is 7.05 Å². The number of benzene rings is 2. The number of hydrogen-bond donors (Lipinski definition) is 1. The second-order valence-corrected chi connectivity index (χ2v) is 10.7. The van der Waals surface area contributed by atoms with Crippen LogP contribution in [0.25, 0.3) is 11.3 Å². The molecule has 9 heteroatoms. The second kappa shape index (κ2) is 10.6. The SMILES string of the molecule is Cn1nc(CN2CCCC[C@@H]2COc2ccc3c(c2)CN(C2CCC(=O)NC2=O)C3=O)cc1-c1ccccc1. The fourth-order valence-corrected chi connectivity index (χ4v) is 5.98. The molecule has 0 aliphatic carbocycles. The van der Waals surface area contributed by atoms with E-state index in [1.165, 1.54) is 6.42 Å². The number of ether oxygens (including phenoxy) is 1. The summed E-state index contributed by atoms with van der Waals surface area (Å²) in [6, 6.07) is 17.7. The lowest BCUT2D eigenvalue weighted by atomic mass is 10.0. The summed E-state index contributed by atoms with van der Waals surface area (Å²) in [5.41, 5.74) is 4.76. The molecule has 3 aromatic rings. The lowest BCUT2D eigenvalue weighted by molar-refractivity contribution is -0.136. The van der Waals surface area contributed by atoms with Gasteiger partial charge in [-0.15, -0.1) is 0 Å². The maximum atomic E-state index is 13.0. The molecule has 2 saturated heterocycles. The second-order valence-electron chi connectivity index (χ2n) is 10.7. The third-order valence-electron chi connectivity index (χ3n) is 8.05. The van der Waals surface area contributed by atoms with Crippen molar-refractivity contribution in [3.8, 4) is 17.0 Å². The number of piperidine rings is 2. The van der Waals surface area contributed by atoms with Crippen molar-refractivity contribution in [3.63, 3.8) is 0 Å². The van der Waals surface area contributed by atoms with Crippen molar-refractivity contribution in [2.75, 3.05) is 13.2 Å². The van der Waals surface area contributed by atoms with E-state index >= 15 is 0 Å². The van der Waals surface area contributed by atoms with Gasteiger partial charge in [0.1, 0.15) is 18.4 Å². The van der Waals surface area contributed by atoms with Gasteiger partial charge in [0.15, 0.2) is 0 Å². The number of aromatic nitrogens is 2. The van der Waals surface area contributed by atoms with E-state index < -0.39 is 11.9 Å². The number of aryl methyl sites for hydroxylation is 1. The van der Waals surface area contributed by atoms with Gasteiger partial charge in [-0.2, -0.15) is 5.10 Å². The Labute approximate surface area is 227 Å². The van der Waals surface area contributed by atoms with Crippen LogP contribution >= 0.6 is 0 Å². The minimum absolute atomic E-state index is 0.172. The molecule has 1 unspecified atom stereocenters. The van der Waals surface area contributed by atoms with Crippen LogP contribution in [0.2, 0.25) is 0 Å². The van der Waals surface area contributed by atoms with E-state index in [1.54, 1.807) is 11.0 Å². The zero-order valence-electron chi connectivity index (χ0n) is 22.1. The Kier molecular flexibility index (Phi) is 6.91. The summed E-state index contributed by atoms with van der Waals surface area (Å²) in [6.07, 6.45) is 3.99. The van der Waals surface area contributed by atoms with Gasteiger partial charge in [0.2, 0.25) is 11.8 Å². The first kappa shape index (κ1) is 25.3. The summed E-state index contributed by atoms with van der Waals surface area (Å²) in [6.45, 7) is 2.68. The number of fused-ring (bicyclic) bond motifs is 1. The maximum Gasteiger partial charge on any atom is 0.255 e. The lowest BCUT2D eigenvalue weighted by Gasteiger charge is -2.35. The Hall–Kier alpha value is -3.98. The Bertz CT molecular complexity index is 1400. The van der Waals surface area contributed by atoms with Crippen LogP contribution in [0.1, 0.15) is 53.7 Å². The minimum Gasteiger partial charge on any atom is -0.492 e. The van der Waals surface area contributed by atoms with E-state index in [0.717, 1.165) is 54.2 Å². The molecule has 3 aliphatic rings. The first-order valence-corrected chi connectivity index (χ1v) is 13.7. The Morgan fingerprint density at radius 1 is 1.03 bits per heavy atom. The van der Waals surface area contributed by atoms with Crippen molar-refractivity contribution in [1.82, 2.24) is 24.9 Å². The zero-order valence-corrected chi connectivity index (χ0v) is 22.1. The van der Waals surface area contributed by atoms with Crippen molar-refractivity contribution < 1.29 is 19.1 Å². The van der Waals surface area contributed by atoms with Gasteiger partial charge in [0.05, 0.1) is 11.4 Å². The molecular weight excluding hydrogens is 494 g/mol.